The topological polar surface area (TPSA) is 41.6 Å². The molecule has 0 aliphatic carbocycles. The van der Waals surface area contributed by atoms with Crippen LogP contribution in [0.3, 0.4) is 0 Å². The Kier molecular flexibility index (Phi) is 5.76. The van der Waals surface area contributed by atoms with E-state index < -0.39 is 0 Å². The van der Waals surface area contributed by atoms with E-state index in [1.165, 1.54) is 5.56 Å². The quantitative estimate of drug-likeness (QED) is 0.876. The molecule has 1 aromatic carbocycles. The smallest absolute Gasteiger partial charge is 0.227 e. The third-order valence-corrected chi connectivity index (χ3v) is 3.97. The SMILES string of the molecule is CCNC1CCN(C(=O)CC(C)COC)c2ccccc21. The highest BCUT2D eigenvalue weighted by Gasteiger charge is 2.28. The van der Waals surface area contributed by atoms with Gasteiger partial charge in [-0.25, -0.2) is 0 Å². The first-order valence-electron chi connectivity index (χ1n) is 7.79. The molecular weight excluding hydrogens is 264 g/mol. The number of hydrogen-bond acceptors (Lipinski definition) is 3. The molecule has 0 radical (unpaired) electrons. The van der Waals surface area contributed by atoms with Crippen molar-refractivity contribution < 1.29 is 9.53 Å². The Morgan fingerprint density at radius 3 is 2.95 bits per heavy atom. The van der Waals surface area contributed by atoms with Crippen molar-refractivity contribution in [2.24, 2.45) is 5.92 Å². The third-order valence-electron chi connectivity index (χ3n) is 3.97. The average molecular weight is 290 g/mol. The van der Waals surface area contributed by atoms with Gasteiger partial charge in [0, 0.05) is 38.4 Å². The zero-order valence-electron chi connectivity index (χ0n) is 13.3. The van der Waals surface area contributed by atoms with E-state index >= 15 is 0 Å². The third kappa shape index (κ3) is 3.83. The lowest BCUT2D eigenvalue weighted by atomic mass is 9.95. The normalized spacial score (nSPS) is 19.2. The largest absolute Gasteiger partial charge is 0.384 e. The number of amides is 1. The number of ether oxygens (including phenoxy) is 1. The molecule has 1 N–H and O–H groups in total. The van der Waals surface area contributed by atoms with Crippen LogP contribution in [0.2, 0.25) is 0 Å². The van der Waals surface area contributed by atoms with Crippen molar-refractivity contribution >= 4 is 11.6 Å². The molecule has 4 heteroatoms. The van der Waals surface area contributed by atoms with Crippen LogP contribution in [0.15, 0.2) is 24.3 Å². The summed E-state index contributed by atoms with van der Waals surface area (Å²) in [6.07, 6.45) is 1.50. The zero-order valence-corrected chi connectivity index (χ0v) is 13.3. The van der Waals surface area contributed by atoms with Crippen LogP contribution in [0.5, 0.6) is 0 Å². The molecule has 1 heterocycles. The highest BCUT2D eigenvalue weighted by Crippen LogP contribution is 2.34. The van der Waals surface area contributed by atoms with Crippen molar-refractivity contribution in [3.05, 3.63) is 29.8 Å². The maximum atomic E-state index is 12.6. The van der Waals surface area contributed by atoms with E-state index in [0.29, 0.717) is 19.1 Å². The minimum atomic E-state index is 0.196. The summed E-state index contributed by atoms with van der Waals surface area (Å²) in [6.45, 7) is 6.53. The number of methoxy groups -OCH3 is 1. The number of nitrogens with zero attached hydrogens (tertiary/aromatic N) is 1. The van der Waals surface area contributed by atoms with Crippen LogP contribution in [-0.2, 0) is 9.53 Å². The molecule has 0 fully saturated rings. The number of carbonyl (C=O) groups is 1. The molecule has 0 aromatic heterocycles. The minimum Gasteiger partial charge on any atom is -0.384 e. The zero-order chi connectivity index (χ0) is 15.2. The molecule has 2 unspecified atom stereocenters. The van der Waals surface area contributed by atoms with Crippen LogP contribution in [0.4, 0.5) is 5.69 Å². The second-order valence-electron chi connectivity index (χ2n) is 5.77. The van der Waals surface area contributed by atoms with Crippen LogP contribution in [0, 0.1) is 5.92 Å². The van der Waals surface area contributed by atoms with Gasteiger partial charge in [-0.15, -0.1) is 0 Å². The predicted octanol–water partition coefficient (Wildman–Crippen LogP) is 2.75. The lowest BCUT2D eigenvalue weighted by Crippen LogP contribution is -2.40. The summed E-state index contributed by atoms with van der Waals surface area (Å²) < 4.78 is 5.13. The predicted molar refractivity (Wildman–Crippen MR) is 85.5 cm³/mol. The molecule has 1 aliphatic heterocycles. The summed E-state index contributed by atoms with van der Waals surface area (Å²) in [6, 6.07) is 8.58. The highest BCUT2D eigenvalue weighted by atomic mass is 16.5. The van der Waals surface area contributed by atoms with Gasteiger partial charge in [0.15, 0.2) is 0 Å². The van der Waals surface area contributed by atoms with Gasteiger partial charge in [0.05, 0.1) is 0 Å². The first-order chi connectivity index (χ1) is 10.2. The van der Waals surface area contributed by atoms with E-state index in [-0.39, 0.29) is 11.8 Å². The Balaban J connectivity index is 2.14. The molecular formula is C17H26N2O2. The van der Waals surface area contributed by atoms with Crippen LogP contribution in [-0.4, -0.2) is 32.7 Å². The van der Waals surface area contributed by atoms with E-state index in [1.54, 1.807) is 7.11 Å². The molecule has 2 atom stereocenters. The monoisotopic (exact) mass is 290 g/mol. The number of fused-ring (bicyclic) bond motifs is 1. The molecule has 21 heavy (non-hydrogen) atoms. The number of hydrogen-bond donors (Lipinski definition) is 1. The van der Waals surface area contributed by atoms with Crippen molar-refractivity contribution in [3.8, 4) is 0 Å². The van der Waals surface area contributed by atoms with Gasteiger partial charge >= 0.3 is 0 Å². The number of para-hydroxylation sites is 1. The standard InChI is InChI=1S/C17H26N2O2/c1-4-18-15-9-10-19(16-8-6-5-7-14(15)16)17(20)11-13(2)12-21-3/h5-8,13,15,18H,4,9-12H2,1-3H3. The van der Waals surface area contributed by atoms with Gasteiger partial charge in [-0.1, -0.05) is 32.0 Å². The summed E-state index contributed by atoms with van der Waals surface area (Å²) in [5, 5.41) is 3.50. The summed E-state index contributed by atoms with van der Waals surface area (Å²) in [7, 11) is 1.68. The van der Waals surface area contributed by atoms with Crippen LogP contribution in [0.1, 0.15) is 38.3 Å². The molecule has 1 aliphatic rings. The molecule has 2 rings (SSSR count). The second kappa shape index (κ2) is 7.57. The Morgan fingerprint density at radius 1 is 1.48 bits per heavy atom. The molecule has 0 saturated heterocycles. The Labute approximate surface area is 127 Å². The summed E-state index contributed by atoms with van der Waals surface area (Å²) in [5.74, 6) is 0.447. The van der Waals surface area contributed by atoms with Crippen molar-refractivity contribution in [1.82, 2.24) is 5.32 Å². The lowest BCUT2D eigenvalue weighted by Gasteiger charge is -2.35. The number of rotatable bonds is 6. The van der Waals surface area contributed by atoms with Crippen molar-refractivity contribution in [3.63, 3.8) is 0 Å². The summed E-state index contributed by atoms with van der Waals surface area (Å²) >= 11 is 0. The molecule has 4 nitrogen and oxygen atoms in total. The highest BCUT2D eigenvalue weighted by molar-refractivity contribution is 5.94. The average Bonchev–Trinajstić information content (AvgIpc) is 2.48. The van der Waals surface area contributed by atoms with E-state index in [0.717, 1.165) is 25.2 Å². The maximum Gasteiger partial charge on any atom is 0.227 e. The fourth-order valence-electron chi connectivity index (χ4n) is 3.03. The van der Waals surface area contributed by atoms with Crippen molar-refractivity contribution in [2.45, 2.75) is 32.7 Å². The Hall–Kier alpha value is -1.39. The van der Waals surface area contributed by atoms with Gasteiger partial charge in [0.1, 0.15) is 0 Å². The first-order valence-corrected chi connectivity index (χ1v) is 7.79. The molecule has 0 saturated carbocycles. The molecule has 0 spiro atoms. The second-order valence-corrected chi connectivity index (χ2v) is 5.77. The number of anilines is 1. The minimum absolute atomic E-state index is 0.196. The Bertz CT molecular complexity index is 476. The fraction of sp³-hybridized carbons (Fsp3) is 0.588. The molecule has 116 valence electrons. The maximum absolute atomic E-state index is 12.6. The molecule has 0 bridgehead atoms. The number of carbonyl (C=O) groups excluding carboxylic acids is 1. The van der Waals surface area contributed by atoms with Crippen LogP contribution < -0.4 is 10.2 Å². The molecule has 1 aromatic rings. The first kappa shape index (κ1) is 16.0. The van der Waals surface area contributed by atoms with Crippen LogP contribution >= 0.6 is 0 Å². The van der Waals surface area contributed by atoms with E-state index in [4.69, 9.17) is 4.74 Å². The summed E-state index contributed by atoms with van der Waals surface area (Å²) in [4.78, 5) is 14.5. The van der Waals surface area contributed by atoms with Gasteiger partial charge in [0.25, 0.3) is 0 Å². The van der Waals surface area contributed by atoms with E-state index in [1.807, 2.05) is 17.0 Å². The Morgan fingerprint density at radius 2 is 2.24 bits per heavy atom. The number of nitrogens with one attached hydrogen (secondary N) is 1. The summed E-state index contributed by atoms with van der Waals surface area (Å²) in [5.41, 5.74) is 2.29. The van der Waals surface area contributed by atoms with E-state index in [9.17, 15) is 4.79 Å². The van der Waals surface area contributed by atoms with Crippen molar-refractivity contribution in [2.75, 3.05) is 31.7 Å². The van der Waals surface area contributed by atoms with Gasteiger partial charge in [0.2, 0.25) is 5.91 Å². The van der Waals surface area contributed by atoms with Crippen molar-refractivity contribution in [1.29, 1.82) is 0 Å². The van der Waals surface area contributed by atoms with Gasteiger partial charge in [-0.05, 0) is 30.5 Å². The fourth-order valence-corrected chi connectivity index (χ4v) is 3.03. The lowest BCUT2D eigenvalue weighted by molar-refractivity contribution is -0.119. The van der Waals surface area contributed by atoms with Gasteiger partial charge in [-0.3, -0.25) is 4.79 Å². The van der Waals surface area contributed by atoms with E-state index in [2.05, 4.69) is 31.3 Å². The van der Waals surface area contributed by atoms with Gasteiger partial charge < -0.3 is 15.0 Å². The van der Waals surface area contributed by atoms with Gasteiger partial charge in [-0.2, -0.15) is 0 Å². The number of benzene rings is 1. The van der Waals surface area contributed by atoms with Crippen LogP contribution in [0.25, 0.3) is 0 Å². The molecule has 1 amide bonds.